The highest BCUT2D eigenvalue weighted by Gasteiger charge is 2.32. The second-order valence-electron chi connectivity index (χ2n) is 6.10. The molecule has 0 bridgehead atoms. The van der Waals surface area contributed by atoms with Crippen molar-refractivity contribution in [1.29, 1.82) is 0 Å². The van der Waals surface area contributed by atoms with Gasteiger partial charge in [-0.15, -0.1) is 0 Å². The number of amides is 1. The van der Waals surface area contributed by atoms with Crippen LogP contribution in [0.5, 0.6) is 0 Å². The van der Waals surface area contributed by atoms with E-state index in [0.717, 1.165) is 22.8 Å². The van der Waals surface area contributed by atoms with Gasteiger partial charge in [-0.1, -0.05) is 13.8 Å². The summed E-state index contributed by atoms with van der Waals surface area (Å²) in [6, 6.07) is 3.85. The fourth-order valence-corrected chi connectivity index (χ4v) is 3.37. The Morgan fingerprint density at radius 3 is 2.74 bits per heavy atom. The van der Waals surface area contributed by atoms with Crippen LogP contribution in [0.2, 0.25) is 0 Å². The number of carbonyl (C=O) groups excluding carboxylic acids is 1. The van der Waals surface area contributed by atoms with E-state index < -0.39 is 5.41 Å². The van der Waals surface area contributed by atoms with Crippen molar-refractivity contribution < 1.29 is 4.79 Å². The molecule has 0 aromatic carbocycles. The number of carbonyl (C=O) groups is 1. The van der Waals surface area contributed by atoms with Gasteiger partial charge < -0.3 is 0 Å². The third-order valence-electron chi connectivity index (χ3n) is 3.69. The van der Waals surface area contributed by atoms with Crippen LogP contribution in [0.25, 0.3) is 11.3 Å². The Bertz CT molecular complexity index is 666. The molecule has 124 valence electrons. The Balaban J connectivity index is 2.36. The molecule has 0 unspecified atom stereocenters. The molecule has 5 nitrogen and oxygen atoms in total. The number of aryl methyl sites for hydroxylation is 1. The van der Waals surface area contributed by atoms with Crippen molar-refractivity contribution in [3.8, 4) is 11.3 Å². The lowest BCUT2D eigenvalue weighted by atomic mass is 9.95. The van der Waals surface area contributed by atoms with Crippen LogP contribution in [0.1, 0.15) is 26.6 Å². The van der Waals surface area contributed by atoms with Crippen LogP contribution in [0.3, 0.4) is 0 Å². The molecular weight excluding hydrogens is 308 g/mol. The standard InChI is InChI=1S/C17H24N4OS/c1-6-20(16(22)17(3,4)12-23-5)21-11-15(19-13(21)2)14-8-7-9-18-10-14/h7-11H,6,12H2,1-5H3. The molecule has 0 aliphatic heterocycles. The van der Waals surface area contributed by atoms with Crippen molar-refractivity contribution in [1.82, 2.24) is 14.6 Å². The maximum absolute atomic E-state index is 12.9. The van der Waals surface area contributed by atoms with E-state index in [1.165, 1.54) is 0 Å². The zero-order chi connectivity index (χ0) is 17.0. The Kier molecular flexibility index (Phi) is 5.46. The molecule has 2 heterocycles. The van der Waals surface area contributed by atoms with Crippen molar-refractivity contribution in [2.75, 3.05) is 23.6 Å². The van der Waals surface area contributed by atoms with Crippen LogP contribution in [0, 0.1) is 12.3 Å². The zero-order valence-electron chi connectivity index (χ0n) is 14.4. The summed E-state index contributed by atoms with van der Waals surface area (Å²) in [7, 11) is 0. The van der Waals surface area contributed by atoms with Crippen LogP contribution in [-0.4, -0.2) is 39.1 Å². The highest BCUT2D eigenvalue weighted by molar-refractivity contribution is 7.98. The first-order chi connectivity index (χ1) is 10.9. The summed E-state index contributed by atoms with van der Waals surface area (Å²) >= 11 is 1.69. The van der Waals surface area contributed by atoms with E-state index in [2.05, 4.69) is 9.97 Å². The predicted molar refractivity (Wildman–Crippen MR) is 96.1 cm³/mol. The summed E-state index contributed by atoms with van der Waals surface area (Å²) in [6.07, 6.45) is 7.44. The lowest BCUT2D eigenvalue weighted by Gasteiger charge is -2.31. The van der Waals surface area contributed by atoms with E-state index in [4.69, 9.17) is 0 Å². The van der Waals surface area contributed by atoms with Gasteiger partial charge in [0.2, 0.25) is 5.91 Å². The first-order valence-electron chi connectivity index (χ1n) is 7.68. The van der Waals surface area contributed by atoms with Gasteiger partial charge in [0.15, 0.2) is 0 Å². The van der Waals surface area contributed by atoms with Crippen molar-refractivity contribution in [3.05, 3.63) is 36.5 Å². The summed E-state index contributed by atoms with van der Waals surface area (Å²) in [5, 5.41) is 1.76. The molecule has 0 fully saturated rings. The molecule has 6 heteroatoms. The molecule has 2 aromatic heterocycles. The number of nitrogens with zero attached hydrogens (tertiary/aromatic N) is 4. The molecule has 0 aliphatic carbocycles. The van der Waals surface area contributed by atoms with Crippen LogP contribution in [0.15, 0.2) is 30.7 Å². The lowest BCUT2D eigenvalue weighted by molar-refractivity contribution is -0.127. The number of rotatable bonds is 6. The van der Waals surface area contributed by atoms with E-state index in [1.807, 2.05) is 57.0 Å². The van der Waals surface area contributed by atoms with E-state index in [1.54, 1.807) is 29.2 Å². The maximum atomic E-state index is 12.9. The van der Waals surface area contributed by atoms with Gasteiger partial charge in [-0.05, 0) is 32.2 Å². The molecule has 2 aromatic rings. The van der Waals surface area contributed by atoms with Crippen molar-refractivity contribution in [2.24, 2.45) is 5.41 Å². The molecule has 1 amide bonds. The predicted octanol–water partition coefficient (Wildman–Crippen LogP) is 3.13. The number of hydrogen-bond donors (Lipinski definition) is 0. The van der Waals surface area contributed by atoms with Crippen LogP contribution < -0.4 is 5.01 Å². The summed E-state index contributed by atoms with van der Waals surface area (Å²) in [6.45, 7) is 8.47. The lowest BCUT2D eigenvalue weighted by Crippen LogP contribution is -2.48. The Morgan fingerprint density at radius 1 is 1.43 bits per heavy atom. The number of imidazole rings is 1. The average Bonchev–Trinajstić information content (AvgIpc) is 2.91. The average molecular weight is 332 g/mol. The maximum Gasteiger partial charge on any atom is 0.247 e. The van der Waals surface area contributed by atoms with E-state index in [0.29, 0.717) is 6.54 Å². The van der Waals surface area contributed by atoms with Crippen LogP contribution in [0.4, 0.5) is 0 Å². The van der Waals surface area contributed by atoms with E-state index >= 15 is 0 Å². The number of pyridine rings is 1. The second kappa shape index (κ2) is 7.17. The van der Waals surface area contributed by atoms with Gasteiger partial charge in [0.1, 0.15) is 5.82 Å². The molecule has 2 rings (SSSR count). The van der Waals surface area contributed by atoms with Gasteiger partial charge in [-0.3, -0.25) is 9.78 Å². The topological polar surface area (TPSA) is 51.0 Å². The molecule has 23 heavy (non-hydrogen) atoms. The number of hydrogen-bond acceptors (Lipinski definition) is 4. The normalized spacial score (nSPS) is 11.5. The highest BCUT2D eigenvalue weighted by atomic mass is 32.2. The third kappa shape index (κ3) is 3.75. The van der Waals surface area contributed by atoms with Gasteiger partial charge >= 0.3 is 0 Å². The quantitative estimate of drug-likeness (QED) is 0.815. The highest BCUT2D eigenvalue weighted by Crippen LogP contribution is 2.24. The first kappa shape index (κ1) is 17.5. The van der Waals surface area contributed by atoms with E-state index in [-0.39, 0.29) is 5.91 Å². The monoisotopic (exact) mass is 332 g/mol. The summed E-state index contributed by atoms with van der Waals surface area (Å²) in [5.41, 5.74) is 1.35. The minimum Gasteiger partial charge on any atom is -0.272 e. The van der Waals surface area contributed by atoms with Crippen molar-refractivity contribution in [2.45, 2.75) is 27.7 Å². The fraction of sp³-hybridized carbons (Fsp3) is 0.471. The van der Waals surface area contributed by atoms with Crippen LogP contribution in [-0.2, 0) is 4.79 Å². The Morgan fingerprint density at radius 2 is 2.17 bits per heavy atom. The van der Waals surface area contributed by atoms with Crippen molar-refractivity contribution in [3.63, 3.8) is 0 Å². The molecule has 0 N–H and O–H groups in total. The van der Waals surface area contributed by atoms with Gasteiger partial charge in [-0.25, -0.2) is 14.7 Å². The summed E-state index contributed by atoms with van der Waals surface area (Å²) in [5.74, 6) is 1.68. The summed E-state index contributed by atoms with van der Waals surface area (Å²) in [4.78, 5) is 21.7. The van der Waals surface area contributed by atoms with E-state index in [9.17, 15) is 4.79 Å². The molecule has 0 aliphatic rings. The number of thioether (sulfide) groups is 1. The van der Waals surface area contributed by atoms with Gasteiger partial charge in [0.25, 0.3) is 0 Å². The minimum atomic E-state index is -0.416. The Labute approximate surface area is 142 Å². The van der Waals surface area contributed by atoms with Crippen molar-refractivity contribution >= 4 is 17.7 Å². The fourth-order valence-electron chi connectivity index (χ4n) is 2.53. The van der Waals surface area contributed by atoms with Gasteiger partial charge in [0, 0.05) is 30.3 Å². The summed E-state index contributed by atoms with van der Waals surface area (Å²) < 4.78 is 1.85. The number of aromatic nitrogens is 3. The molecule has 0 radical (unpaired) electrons. The first-order valence-corrected chi connectivity index (χ1v) is 9.07. The third-order valence-corrected chi connectivity index (χ3v) is 4.70. The minimum absolute atomic E-state index is 0.104. The SMILES string of the molecule is CCN(C(=O)C(C)(C)CSC)n1cc(-c2cccnc2)nc1C. The molecule has 0 saturated carbocycles. The Hall–Kier alpha value is -1.82. The van der Waals surface area contributed by atoms with Crippen LogP contribution >= 0.6 is 11.8 Å². The van der Waals surface area contributed by atoms with Gasteiger partial charge in [0.05, 0.1) is 17.3 Å². The largest absolute Gasteiger partial charge is 0.272 e. The molecule has 0 spiro atoms. The molecule has 0 atom stereocenters. The molecule has 0 saturated heterocycles. The van der Waals surface area contributed by atoms with Gasteiger partial charge in [-0.2, -0.15) is 11.8 Å². The molecular formula is C17H24N4OS. The second-order valence-corrected chi connectivity index (χ2v) is 6.96. The zero-order valence-corrected chi connectivity index (χ0v) is 15.2. The smallest absolute Gasteiger partial charge is 0.247 e.